The van der Waals surface area contributed by atoms with Gasteiger partial charge in [0.1, 0.15) is 5.75 Å². The van der Waals surface area contributed by atoms with Crippen LogP contribution >= 0.6 is 0 Å². The third-order valence-corrected chi connectivity index (χ3v) is 4.54. The Morgan fingerprint density at radius 2 is 2.05 bits per heavy atom. The average Bonchev–Trinajstić information content (AvgIpc) is 3.33. The quantitative estimate of drug-likeness (QED) is 0.588. The fourth-order valence-corrected chi connectivity index (χ4v) is 3.04. The van der Waals surface area contributed by atoms with Crippen molar-refractivity contribution in [3.8, 4) is 5.75 Å². The molecular formula is C17H25N3O. The Bertz CT molecular complexity index is 535. The molecule has 2 aliphatic carbocycles. The lowest BCUT2D eigenvalue weighted by Crippen LogP contribution is -2.38. The van der Waals surface area contributed by atoms with Crippen LogP contribution in [0.1, 0.15) is 42.4 Å². The number of aromatic hydroxyl groups is 1. The number of aryl methyl sites for hydroxylation is 1. The molecule has 0 saturated heterocycles. The van der Waals surface area contributed by atoms with E-state index in [1.54, 1.807) is 7.05 Å². The zero-order valence-electron chi connectivity index (χ0n) is 12.8. The van der Waals surface area contributed by atoms with Gasteiger partial charge in [-0.2, -0.15) is 0 Å². The molecule has 1 aromatic carbocycles. The maximum absolute atomic E-state index is 10.2. The Labute approximate surface area is 126 Å². The molecule has 114 valence electrons. The summed E-state index contributed by atoms with van der Waals surface area (Å²) in [5, 5.41) is 16.9. The molecule has 0 radical (unpaired) electrons. The van der Waals surface area contributed by atoms with Crippen molar-refractivity contribution in [2.24, 2.45) is 10.9 Å². The molecule has 0 unspecified atom stereocenters. The van der Waals surface area contributed by atoms with Crippen LogP contribution in [0.3, 0.4) is 0 Å². The highest BCUT2D eigenvalue weighted by molar-refractivity contribution is 5.79. The molecule has 1 aromatic rings. The number of benzene rings is 1. The minimum atomic E-state index is 0.404. The molecule has 0 spiro atoms. The van der Waals surface area contributed by atoms with Gasteiger partial charge in [-0.05, 0) is 61.6 Å². The van der Waals surface area contributed by atoms with E-state index in [2.05, 4.69) is 21.7 Å². The van der Waals surface area contributed by atoms with E-state index >= 15 is 0 Å². The van der Waals surface area contributed by atoms with Crippen molar-refractivity contribution >= 4 is 5.96 Å². The molecule has 0 aliphatic heterocycles. The van der Waals surface area contributed by atoms with Crippen molar-refractivity contribution in [1.29, 1.82) is 0 Å². The second kappa shape index (κ2) is 6.37. The fraction of sp³-hybridized carbons (Fsp3) is 0.588. The number of fused-ring (bicyclic) bond motifs is 1. The molecule has 21 heavy (non-hydrogen) atoms. The Hall–Kier alpha value is -1.71. The third-order valence-electron chi connectivity index (χ3n) is 4.54. The maximum Gasteiger partial charge on any atom is 0.191 e. The second-order valence-electron chi connectivity index (χ2n) is 6.16. The number of nitrogens with one attached hydrogen (secondary N) is 2. The largest absolute Gasteiger partial charge is 0.508 e. The molecule has 1 fully saturated rings. The number of hydrogen-bond donors (Lipinski definition) is 3. The van der Waals surface area contributed by atoms with E-state index in [1.165, 1.54) is 36.8 Å². The van der Waals surface area contributed by atoms with Crippen molar-refractivity contribution in [2.75, 3.05) is 13.6 Å². The predicted octanol–water partition coefficient (Wildman–Crippen LogP) is 2.35. The summed E-state index contributed by atoms with van der Waals surface area (Å²) in [7, 11) is 1.79. The van der Waals surface area contributed by atoms with Crippen LogP contribution in [0, 0.1) is 5.92 Å². The van der Waals surface area contributed by atoms with Crippen molar-refractivity contribution in [3.63, 3.8) is 0 Å². The van der Waals surface area contributed by atoms with E-state index in [0.717, 1.165) is 36.8 Å². The zero-order chi connectivity index (χ0) is 14.7. The highest BCUT2D eigenvalue weighted by Crippen LogP contribution is 2.30. The SMILES string of the molecule is CN=C(NCc1c(O)ccc2c1CCCC2)NCC1CC1. The van der Waals surface area contributed by atoms with Gasteiger partial charge in [0, 0.05) is 25.7 Å². The second-order valence-corrected chi connectivity index (χ2v) is 6.16. The van der Waals surface area contributed by atoms with Crippen LogP contribution in [0.15, 0.2) is 17.1 Å². The van der Waals surface area contributed by atoms with E-state index in [-0.39, 0.29) is 0 Å². The summed E-state index contributed by atoms with van der Waals surface area (Å²) < 4.78 is 0. The van der Waals surface area contributed by atoms with E-state index in [0.29, 0.717) is 12.3 Å². The lowest BCUT2D eigenvalue weighted by atomic mass is 9.88. The van der Waals surface area contributed by atoms with Crippen molar-refractivity contribution in [3.05, 3.63) is 28.8 Å². The first kappa shape index (κ1) is 14.2. The first-order chi connectivity index (χ1) is 10.3. The molecule has 0 atom stereocenters. The first-order valence-electron chi connectivity index (χ1n) is 8.05. The number of hydrogen-bond acceptors (Lipinski definition) is 2. The molecule has 3 N–H and O–H groups in total. The fourth-order valence-electron chi connectivity index (χ4n) is 3.04. The molecular weight excluding hydrogens is 262 g/mol. The van der Waals surface area contributed by atoms with Crippen molar-refractivity contribution in [2.45, 2.75) is 45.1 Å². The summed E-state index contributed by atoms with van der Waals surface area (Å²) in [6.07, 6.45) is 7.35. The lowest BCUT2D eigenvalue weighted by Gasteiger charge is -2.21. The zero-order valence-corrected chi connectivity index (χ0v) is 12.8. The van der Waals surface area contributed by atoms with E-state index < -0.39 is 0 Å². The predicted molar refractivity (Wildman–Crippen MR) is 85.7 cm³/mol. The van der Waals surface area contributed by atoms with Gasteiger partial charge in [-0.3, -0.25) is 4.99 Å². The van der Waals surface area contributed by atoms with Gasteiger partial charge in [0.05, 0.1) is 0 Å². The monoisotopic (exact) mass is 287 g/mol. The van der Waals surface area contributed by atoms with Crippen LogP contribution < -0.4 is 10.6 Å². The molecule has 4 nitrogen and oxygen atoms in total. The summed E-state index contributed by atoms with van der Waals surface area (Å²) >= 11 is 0. The molecule has 0 aromatic heterocycles. The number of nitrogens with zero attached hydrogens (tertiary/aromatic N) is 1. The van der Waals surface area contributed by atoms with Crippen molar-refractivity contribution in [1.82, 2.24) is 10.6 Å². The Morgan fingerprint density at radius 3 is 2.81 bits per heavy atom. The van der Waals surface area contributed by atoms with Crippen LogP contribution in [0.2, 0.25) is 0 Å². The van der Waals surface area contributed by atoms with Crippen LogP contribution in [0.4, 0.5) is 0 Å². The van der Waals surface area contributed by atoms with Crippen LogP contribution in [-0.4, -0.2) is 24.7 Å². The van der Waals surface area contributed by atoms with Gasteiger partial charge in [-0.25, -0.2) is 0 Å². The van der Waals surface area contributed by atoms with E-state index in [1.807, 2.05) is 6.07 Å². The van der Waals surface area contributed by atoms with E-state index in [4.69, 9.17) is 0 Å². The smallest absolute Gasteiger partial charge is 0.191 e. The molecule has 2 aliphatic rings. The van der Waals surface area contributed by atoms with Gasteiger partial charge >= 0.3 is 0 Å². The third kappa shape index (κ3) is 3.49. The summed E-state index contributed by atoms with van der Waals surface area (Å²) in [6, 6.07) is 3.91. The number of phenols is 1. The summed E-state index contributed by atoms with van der Waals surface area (Å²) in [5.41, 5.74) is 3.78. The van der Waals surface area contributed by atoms with Gasteiger partial charge in [0.25, 0.3) is 0 Å². The van der Waals surface area contributed by atoms with Gasteiger partial charge in [0.2, 0.25) is 0 Å². The number of phenolic OH excluding ortho intramolecular Hbond substituents is 1. The summed E-state index contributed by atoms with van der Waals surface area (Å²) in [6.45, 7) is 1.64. The van der Waals surface area contributed by atoms with Gasteiger partial charge in [0.15, 0.2) is 5.96 Å². The number of aliphatic imine (C=N–C) groups is 1. The summed E-state index contributed by atoms with van der Waals surface area (Å²) in [5.74, 6) is 2.05. The topological polar surface area (TPSA) is 56.7 Å². The van der Waals surface area contributed by atoms with Gasteiger partial charge in [-0.15, -0.1) is 0 Å². The van der Waals surface area contributed by atoms with Crippen LogP contribution in [0.5, 0.6) is 5.75 Å². The Balaban J connectivity index is 1.66. The van der Waals surface area contributed by atoms with Crippen LogP contribution in [0.25, 0.3) is 0 Å². The highest BCUT2D eigenvalue weighted by Gasteiger charge is 2.21. The molecule has 0 heterocycles. The average molecular weight is 287 g/mol. The number of guanidine groups is 1. The van der Waals surface area contributed by atoms with Gasteiger partial charge in [-0.1, -0.05) is 6.07 Å². The van der Waals surface area contributed by atoms with Crippen molar-refractivity contribution < 1.29 is 5.11 Å². The Morgan fingerprint density at radius 1 is 1.24 bits per heavy atom. The molecule has 1 saturated carbocycles. The minimum Gasteiger partial charge on any atom is -0.508 e. The summed E-state index contributed by atoms with van der Waals surface area (Å²) in [4.78, 5) is 4.26. The first-order valence-corrected chi connectivity index (χ1v) is 8.05. The molecule has 0 amide bonds. The highest BCUT2D eigenvalue weighted by atomic mass is 16.3. The maximum atomic E-state index is 10.2. The molecule has 0 bridgehead atoms. The normalized spacial score (nSPS) is 18.2. The lowest BCUT2D eigenvalue weighted by molar-refractivity contribution is 0.464. The number of rotatable bonds is 4. The van der Waals surface area contributed by atoms with Crippen LogP contribution in [-0.2, 0) is 19.4 Å². The molecule has 4 heteroatoms. The standard InChI is InChI=1S/C17H25N3O/c1-18-17(19-10-12-6-7-12)20-11-15-14-5-3-2-4-13(14)8-9-16(15)21/h8-9,12,21H,2-7,10-11H2,1H3,(H2,18,19,20). The van der Waals surface area contributed by atoms with Gasteiger partial charge < -0.3 is 15.7 Å². The van der Waals surface area contributed by atoms with E-state index in [9.17, 15) is 5.11 Å². The minimum absolute atomic E-state index is 0.404. The molecule has 3 rings (SSSR count). The Kier molecular flexibility index (Phi) is 4.32.